The molecule has 0 radical (unpaired) electrons. The minimum absolute atomic E-state index is 0.203. The van der Waals surface area contributed by atoms with Gasteiger partial charge in [-0.3, -0.25) is 14.7 Å². The molecule has 0 fully saturated rings. The molecule has 1 aromatic carbocycles. The molecule has 0 bridgehead atoms. The van der Waals surface area contributed by atoms with Crippen molar-refractivity contribution in [2.45, 2.75) is 20.3 Å². The zero-order valence-corrected chi connectivity index (χ0v) is 18.7. The summed E-state index contributed by atoms with van der Waals surface area (Å²) in [5.74, 6) is -0.575. The van der Waals surface area contributed by atoms with Gasteiger partial charge in [-0.2, -0.15) is 0 Å². The molecule has 1 heterocycles. The van der Waals surface area contributed by atoms with Gasteiger partial charge in [-0.15, -0.1) is 11.3 Å². The van der Waals surface area contributed by atoms with E-state index in [1.165, 1.54) is 34.7 Å². The number of amides is 1. The fraction of sp³-hybridized carbons (Fsp3) is 0.304. The second-order valence-corrected chi connectivity index (χ2v) is 8.44. The zero-order chi connectivity index (χ0) is 21.6. The monoisotopic (exact) mass is 413 g/mol. The number of hydrogen-bond donors (Lipinski definition) is 0. The Kier molecular flexibility index (Phi) is 8.05. The summed E-state index contributed by atoms with van der Waals surface area (Å²) in [4.78, 5) is 22.2. The van der Waals surface area contributed by atoms with E-state index in [0.717, 1.165) is 28.0 Å². The van der Waals surface area contributed by atoms with Crippen LogP contribution in [0.3, 0.4) is 0 Å². The largest absolute Gasteiger partial charge is 0.312 e. The smallest absolute Gasteiger partial charge is 0.273 e. The molecular weight excluding hydrogens is 385 g/mol. The number of carbonyl (C=O) groups excluding carboxylic acids is 1. The van der Waals surface area contributed by atoms with Crippen LogP contribution < -0.4 is 4.90 Å². The molecular formula is C23H28FN3OS. The van der Waals surface area contributed by atoms with E-state index in [1.807, 2.05) is 51.2 Å². The van der Waals surface area contributed by atoms with Crippen LogP contribution in [0.1, 0.15) is 32.6 Å². The van der Waals surface area contributed by atoms with Gasteiger partial charge < -0.3 is 4.90 Å². The van der Waals surface area contributed by atoms with Gasteiger partial charge in [-0.25, -0.2) is 4.39 Å². The lowest BCUT2D eigenvalue weighted by Gasteiger charge is -2.17. The Bertz CT molecular complexity index is 934. The van der Waals surface area contributed by atoms with Gasteiger partial charge in [-0.1, -0.05) is 18.2 Å². The van der Waals surface area contributed by atoms with Gasteiger partial charge >= 0.3 is 0 Å². The molecule has 1 amide bonds. The first-order valence-corrected chi connectivity index (χ1v) is 10.1. The number of carbonyl (C=O) groups is 1. The highest BCUT2D eigenvalue weighted by Crippen LogP contribution is 2.32. The Labute approximate surface area is 176 Å². The van der Waals surface area contributed by atoms with Crippen molar-refractivity contribution in [3.63, 3.8) is 0 Å². The van der Waals surface area contributed by atoms with Crippen molar-refractivity contribution in [3.05, 3.63) is 69.2 Å². The number of allylic oxidation sites excluding steroid dienone is 4. The van der Waals surface area contributed by atoms with Gasteiger partial charge in [0.2, 0.25) is 0 Å². The maximum absolute atomic E-state index is 13.8. The Hall–Kier alpha value is -2.57. The molecule has 0 unspecified atom stereocenters. The van der Waals surface area contributed by atoms with Crippen molar-refractivity contribution in [1.82, 2.24) is 4.90 Å². The lowest BCUT2D eigenvalue weighted by atomic mass is 10.1. The predicted molar refractivity (Wildman–Crippen MR) is 123 cm³/mol. The van der Waals surface area contributed by atoms with Gasteiger partial charge in [0, 0.05) is 18.3 Å². The summed E-state index contributed by atoms with van der Waals surface area (Å²) >= 11 is 1.48. The number of aryl methyl sites for hydroxylation is 1. The average molecular weight is 414 g/mol. The maximum Gasteiger partial charge on any atom is 0.273 e. The molecule has 4 nitrogen and oxygen atoms in total. The number of anilines is 1. The highest BCUT2D eigenvalue weighted by atomic mass is 32.1. The summed E-state index contributed by atoms with van der Waals surface area (Å²) in [6.45, 7) is 3.84. The molecule has 6 heteroatoms. The fourth-order valence-corrected chi connectivity index (χ4v) is 3.96. The van der Waals surface area contributed by atoms with Gasteiger partial charge in [0.15, 0.2) is 0 Å². The van der Waals surface area contributed by atoms with Crippen LogP contribution in [0.5, 0.6) is 0 Å². The summed E-state index contributed by atoms with van der Waals surface area (Å²) in [6, 6.07) is 6.47. The SMILES string of the molecule is CN(C)C.CN=CN(C(=O)c1cc2c(s1)CC=CC=C2C)c1cc(C)cc(F)c1. The summed E-state index contributed by atoms with van der Waals surface area (Å²) in [7, 11) is 7.59. The van der Waals surface area contributed by atoms with Crippen LogP contribution in [0.4, 0.5) is 10.1 Å². The minimum Gasteiger partial charge on any atom is -0.312 e. The number of fused-ring (bicyclic) bond motifs is 1. The summed E-state index contributed by atoms with van der Waals surface area (Å²) in [6.07, 6.45) is 8.41. The third-order valence-electron chi connectivity index (χ3n) is 3.98. The predicted octanol–water partition coefficient (Wildman–Crippen LogP) is 5.19. The molecule has 29 heavy (non-hydrogen) atoms. The standard InChI is InChI=1S/C20H19FN2OS.C3H9N/c1-13-8-15(21)10-16(9-13)23(12-22-3)20(24)19-11-17-14(2)6-4-5-7-18(17)25-19;1-4(2)3/h4-6,8-12H,7H2,1-3H3;1-3H3. The molecule has 0 aliphatic heterocycles. The van der Waals surface area contributed by atoms with Gasteiger partial charge in [0.05, 0.1) is 16.9 Å². The second kappa shape index (κ2) is 10.3. The van der Waals surface area contributed by atoms with Crippen molar-refractivity contribution >= 4 is 34.8 Å². The first kappa shape index (κ1) is 22.7. The van der Waals surface area contributed by atoms with E-state index in [0.29, 0.717) is 10.6 Å². The van der Waals surface area contributed by atoms with Gasteiger partial charge in [0.1, 0.15) is 5.82 Å². The van der Waals surface area contributed by atoms with E-state index >= 15 is 0 Å². The van der Waals surface area contributed by atoms with Crippen molar-refractivity contribution in [2.75, 3.05) is 33.1 Å². The Morgan fingerprint density at radius 1 is 1.17 bits per heavy atom. The van der Waals surface area contributed by atoms with E-state index in [9.17, 15) is 9.18 Å². The fourth-order valence-electron chi connectivity index (χ4n) is 2.82. The molecule has 3 rings (SSSR count). The molecule has 0 saturated carbocycles. The average Bonchev–Trinajstić information content (AvgIpc) is 2.98. The van der Waals surface area contributed by atoms with E-state index in [2.05, 4.69) is 11.1 Å². The molecule has 1 aromatic heterocycles. The number of aliphatic imine (C=N–C) groups is 1. The van der Waals surface area contributed by atoms with Crippen LogP contribution in [0.15, 0.2) is 47.5 Å². The number of hydrogen-bond acceptors (Lipinski definition) is 4. The number of rotatable bonds is 3. The van der Waals surface area contributed by atoms with E-state index in [4.69, 9.17) is 0 Å². The highest BCUT2D eigenvalue weighted by Gasteiger charge is 2.22. The Morgan fingerprint density at radius 2 is 1.86 bits per heavy atom. The van der Waals surface area contributed by atoms with E-state index in [1.54, 1.807) is 20.0 Å². The third kappa shape index (κ3) is 6.21. The number of thiophene rings is 1. The van der Waals surface area contributed by atoms with Crippen LogP contribution in [0.2, 0.25) is 0 Å². The van der Waals surface area contributed by atoms with Crippen LogP contribution in [0.25, 0.3) is 5.57 Å². The lowest BCUT2D eigenvalue weighted by molar-refractivity contribution is 0.101. The first-order valence-electron chi connectivity index (χ1n) is 9.33. The van der Waals surface area contributed by atoms with E-state index in [-0.39, 0.29) is 11.7 Å². The Morgan fingerprint density at radius 3 is 2.48 bits per heavy atom. The van der Waals surface area contributed by atoms with Crippen molar-refractivity contribution in [1.29, 1.82) is 0 Å². The summed E-state index contributed by atoms with van der Waals surface area (Å²) in [5.41, 5.74) is 3.46. The third-order valence-corrected chi connectivity index (χ3v) is 5.13. The van der Waals surface area contributed by atoms with Crippen LogP contribution in [-0.4, -0.2) is 45.3 Å². The second-order valence-electron chi connectivity index (χ2n) is 7.31. The summed E-state index contributed by atoms with van der Waals surface area (Å²) in [5, 5.41) is 0. The topological polar surface area (TPSA) is 35.9 Å². The zero-order valence-electron chi connectivity index (χ0n) is 17.9. The Balaban J connectivity index is 0.000000687. The molecule has 1 aliphatic rings. The molecule has 2 aromatic rings. The molecule has 154 valence electrons. The van der Waals surface area contributed by atoms with Gasteiger partial charge in [-0.05, 0) is 76.0 Å². The van der Waals surface area contributed by atoms with Gasteiger partial charge in [0.25, 0.3) is 5.91 Å². The van der Waals surface area contributed by atoms with Crippen molar-refractivity contribution < 1.29 is 9.18 Å². The van der Waals surface area contributed by atoms with Crippen LogP contribution in [0, 0.1) is 12.7 Å². The highest BCUT2D eigenvalue weighted by molar-refractivity contribution is 7.14. The normalized spacial score (nSPS) is 12.9. The van der Waals surface area contributed by atoms with Crippen molar-refractivity contribution in [3.8, 4) is 0 Å². The van der Waals surface area contributed by atoms with Crippen LogP contribution in [-0.2, 0) is 6.42 Å². The molecule has 0 N–H and O–H groups in total. The lowest BCUT2D eigenvalue weighted by Crippen LogP contribution is -2.29. The quantitative estimate of drug-likeness (QED) is 0.513. The maximum atomic E-state index is 13.8. The molecule has 0 spiro atoms. The minimum atomic E-state index is -0.372. The van der Waals surface area contributed by atoms with Crippen molar-refractivity contribution in [2.24, 2.45) is 4.99 Å². The number of halogens is 1. The number of nitrogens with zero attached hydrogens (tertiary/aromatic N) is 3. The van der Waals surface area contributed by atoms with Crippen LogP contribution >= 0.6 is 11.3 Å². The van der Waals surface area contributed by atoms with E-state index < -0.39 is 0 Å². The molecule has 0 saturated heterocycles. The summed E-state index contributed by atoms with van der Waals surface area (Å²) < 4.78 is 13.8. The number of benzene rings is 1. The molecule has 0 atom stereocenters. The first-order chi connectivity index (χ1) is 13.7. The molecule has 1 aliphatic carbocycles.